The Hall–Kier alpha value is -4.53. The molecule has 0 spiro atoms. The molecule has 0 unspecified atom stereocenters. The number of carbonyl (C=O) groups is 3. The standard InChI is InChI=1S/C27H24N4O6S/c1-18(32)20-6-8-22(9-7-20)30-11-13-31(14-12-30)38(36,37)23-4-2-3-21(16-23)26(33)29-25-10-5-19(17-28)15-24(25)27(34)35/h2-10,15-16H,11-14H2,1H3,(H,29,33)(H,34,35). The van der Waals surface area contributed by atoms with E-state index in [1.807, 2.05) is 23.1 Å². The SMILES string of the molecule is CC(=O)c1ccc(N2CCN(S(=O)(=O)c3cccc(C(=O)Nc4ccc(C#N)cc4C(=O)O)c3)CC2)cc1. The fourth-order valence-electron chi connectivity index (χ4n) is 4.13. The van der Waals surface area contributed by atoms with Crippen LogP contribution in [0.2, 0.25) is 0 Å². The first-order valence-corrected chi connectivity index (χ1v) is 13.1. The number of benzene rings is 3. The summed E-state index contributed by atoms with van der Waals surface area (Å²) in [4.78, 5) is 37.9. The highest BCUT2D eigenvalue weighted by atomic mass is 32.2. The van der Waals surface area contributed by atoms with Crippen LogP contribution in [0, 0.1) is 11.3 Å². The highest BCUT2D eigenvalue weighted by Gasteiger charge is 2.29. The zero-order valence-corrected chi connectivity index (χ0v) is 21.2. The molecule has 1 fully saturated rings. The summed E-state index contributed by atoms with van der Waals surface area (Å²) in [6.45, 7) is 2.88. The van der Waals surface area contributed by atoms with Crippen molar-refractivity contribution in [2.45, 2.75) is 11.8 Å². The predicted octanol–water partition coefficient (Wildman–Crippen LogP) is 3.22. The smallest absolute Gasteiger partial charge is 0.337 e. The first-order chi connectivity index (χ1) is 18.1. The van der Waals surface area contributed by atoms with Gasteiger partial charge < -0.3 is 15.3 Å². The van der Waals surface area contributed by atoms with Crippen LogP contribution >= 0.6 is 0 Å². The van der Waals surface area contributed by atoms with Crippen molar-refractivity contribution in [2.24, 2.45) is 0 Å². The molecule has 38 heavy (non-hydrogen) atoms. The summed E-state index contributed by atoms with van der Waals surface area (Å²) in [6.07, 6.45) is 0. The average molecular weight is 533 g/mol. The summed E-state index contributed by atoms with van der Waals surface area (Å²) < 4.78 is 28.0. The Morgan fingerprint density at radius 3 is 2.21 bits per heavy atom. The van der Waals surface area contributed by atoms with E-state index >= 15 is 0 Å². The third kappa shape index (κ3) is 5.56. The summed E-state index contributed by atoms with van der Waals surface area (Å²) in [5, 5.41) is 20.9. The summed E-state index contributed by atoms with van der Waals surface area (Å²) >= 11 is 0. The molecule has 194 valence electrons. The second kappa shape index (κ2) is 10.8. The highest BCUT2D eigenvalue weighted by Crippen LogP contribution is 2.24. The zero-order chi connectivity index (χ0) is 27.4. The molecule has 0 atom stereocenters. The fraction of sp³-hybridized carbons (Fsp3) is 0.185. The largest absolute Gasteiger partial charge is 0.478 e. The molecule has 10 nitrogen and oxygen atoms in total. The molecule has 0 radical (unpaired) electrons. The van der Waals surface area contributed by atoms with E-state index in [0.29, 0.717) is 18.7 Å². The lowest BCUT2D eigenvalue weighted by Gasteiger charge is -2.35. The summed E-state index contributed by atoms with van der Waals surface area (Å²) in [7, 11) is -3.89. The van der Waals surface area contributed by atoms with Crippen LogP contribution in [-0.4, -0.2) is 61.7 Å². The highest BCUT2D eigenvalue weighted by molar-refractivity contribution is 7.89. The number of ketones is 1. The van der Waals surface area contributed by atoms with Crippen LogP contribution in [0.5, 0.6) is 0 Å². The lowest BCUT2D eigenvalue weighted by atomic mass is 10.1. The zero-order valence-electron chi connectivity index (χ0n) is 20.4. The second-order valence-electron chi connectivity index (χ2n) is 8.65. The number of nitrogens with zero attached hydrogens (tertiary/aromatic N) is 3. The van der Waals surface area contributed by atoms with Crippen LogP contribution in [0.1, 0.15) is 43.6 Å². The van der Waals surface area contributed by atoms with Crippen LogP contribution in [0.25, 0.3) is 0 Å². The van der Waals surface area contributed by atoms with Crippen molar-refractivity contribution in [2.75, 3.05) is 36.4 Å². The Morgan fingerprint density at radius 1 is 0.921 bits per heavy atom. The molecule has 1 heterocycles. The first-order valence-electron chi connectivity index (χ1n) is 11.6. The summed E-state index contributed by atoms with van der Waals surface area (Å²) in [5.41, 5.74) is 1.40. The minimum absolute atomic E-state index is 0.0118. The van der Waals surface area contributed by atoms with Crippen molar-refractivity contribution >= 4 is 39.1 Å². The van der Waals surface area contributed by atoms with Gasteiger partial charge in [-0.25, -0.2) is 13.2 Å². The van der Waals surface area contributed by atoms with Gasteiger partial charge in [-0.1, -0.05) is 6.07 Å². The predicted molar refractivity (Wildman–Crippen MR) is 140 cm³/mol. The van der Waals surface area contributed by atoms with Crippen molar-refractivity contribution in [3.05, 3.63) is 89.0 Å². The molecule has 1 saturated heterocycles. The van der Waals surface area contributed by atoms with E-state index in [4.69, 9.17) is 5.26 Å². The van der Waals surface area contributed by atoms with Gasteiger partial charge in [-0.2, -0.15) is 9.57 Å². The Kier molecular flexibility index (Phi) is 7.57. The van der Waals surface area contributed by atoms with Gasteiger partial charge >= 0.3 is 5.97 Å². The third-order valence-electron chi connectivity index (χ3n) is 6.24. The van der Waals surface area contributed by atoms with Crippen molar-refractivity contribution in [3.8, 4) is 6.07 Å². The maximum absolute atomic E-state index is 13.3. The fourth-order valence-corrected chi connectivity index (χ4v) is 5.60. The minimum atomic E-state index is -3.89. The van der Waals surface area contributed by atoms with E-state index in [9.17, 15) is 27.9 Å². The van der Waals surface area contributed by atoms with Gasteiger partial charge in [-0.3, -0.25) is 9.59 Å². The van der Waals surface area contributed by atoms with E-state index in [1.54, 1.807) is 12.1 Å². The number of piperazine rings is 1. The molecule has 0 aromatic heterocycles. The number of hydrogen-bond donors (Lipinski definition) is 2. The molecule has 1 amide bonds. The number of hydrogen-bond acceptors (Lipinski definition) is 7. The molecule has 11 heteroatoms. The van der Waals surface area contributed by atoms with Crippen LogP contribution in [0.4, 0.5) is 11.4 Å². The van der Waals surface area contributed by atoms with Gasteiger partial charge in [0.05, 0.1) is 27.8 Å². The van der Waals surface area contributed by atoms with Gasteiger partial charge in [0.15, 0.2) is 5.78 Å². The number of aromatic carboxylic acids is 1. The molecular formula is C27H24N4O6S. The number of anilines is 2. The molecule has 0 bridgehead atoms. The molecule has 4 rings (SSSR count). The molecule has 3 aromatic carbocycles. The Balaban J connectivity index is 1.47. The number of amides is 1. The number of Topliss-reactive ketones (excluding diaryl/α,β-unsaturated/α-hetero) is 1. The van der Waals surface area contributed by atoms with E-state index in [1.165, 1.54) is 47.6 Å². The minimum Gasteiger partial charge on any atom is -0.478 e. The van der Waals surface area contributed by atoms with Crippen LogP contribution < -0.4 is 10.2 Å². The normalized spacial score (nSPS) is 13.9. The van der Waals surface area contributed by atoms with Gasteiger partial charge in [-0.05, 0) is 67.6 Å². The van der Waals surface area contributed by atoms with E-state index in [0.717, 1.165) is 11.8 Å². The number of carboxylic acids is 1. The van der Waals surface area contributed by atoms with Crippen LogP contribution in [0.3, 0.4) is 0 Å². The maximum Gasteiger partial charge on any atom is 0.337 e. The number of carbonyl (C=O) groups excluding carboxylic acids is 2. The van der Waals surface area contributed by atoms with Gasteiger partial charge in [0.25, 0.3) is 5.91 Å². The topological polar surface area (TPSA) is 148 Å². The average Bonchev–Trinajstić information content (AvgIpc) is 2.93. The van der Waals surface area contributed by atoms with Gasteiger partial charge in [-0.15, -0.1) is 0 Å². The molecular weight excluding hydrogens is 508 g/mol. The monoisotopic (exact) mass is 532 g/mol. The number of nitriles is 1. The van der Waals surface area contributed by atoms with E-state index in [2.05, 4.69) is 5.32 Å². The number of nitrogens with one attached hydrogen (secondary N) is 1. The number of carboxylic acid groups (broad SMARTS) is 1. The molecule has 0 saturated carbocycles. The molecule has 0 aliphatic carbocycles. The number of rotatable bonds is 7. The lowest BCUT2D eigenvalue weighted by molar-refractivity contribution is 0.0697. The molecule has 1 aliphatic heterocycles. The van der Waals surface area contributed by atoms with Gasteiger partial charge in [0.2, 0.25) is 10.0 Å². The van der Waals surface area contributed by atoms with Gasteiger partial charge in [0, 0.05) is 43.0 Å². The lowest BCUT2D eigenvalue weighted by Crippen LogP contribution is -2.48. The van der Waals surface area contributed by atoms with Crippen molar-refractivity contribution in [1.29, 1.82) is 5.26 Å². The summed E-state index contributed by atoms with van der Waals surface area (Å²) in [5.74, 6) is -2.03. The van der Waals surface area contributed by atoms with Crippen molar-refractivity contribution in [1.82, 2.24) is 4.31 Å². The Labute approximate surface area is 219 Å². The first kappa shape index (κ1) is 26.5. The van der Waals surface area contributed by atoms with Gasteiger partial charge in [0.1, 0.15) is 0 Å². The van der Waals surface area contributed by atoms with Crippen molar-refractivity contribution in [3.63, 3.8) is 0 Å². The summed E-state index contributed by atoms with van der Waals surface area (Å²) in [6, 6.07) is 18.4. The second-order valence-corrected chi connectivity index (χ2v) is 10.6. The molecule has 3 aromatic rings. The Morgan fingerprint density at radius 2 is 1.61 bits per heavy atom. The Bertz CT molecular complexity index is 1550. The molecule has 2 N–H and O–H groups in total. The molecule has 1 aliphatic rings. The van der Waals surface area contributed by atoms with E-state index in [-0.39, 0.29) is 46.1 Å². The van der Waals surface area contributed by atoms with Crippen molar-refractivity contribution < 1.29 is 27.9 Å². The van der Waals surface area contributed by atoms with Crippen LogP contribution in [-0.2, 0) is 10.0 Å². The number of sulfonamides is 1. The van der Waals surface area contributed by atoms with E-state index < -0.39 is 21.9 Å². The maximum atomic E-state index is 13.3. The van der Waals surface area contributed by atoms with Crippen LogP contribution in [0.15, 0.2) is 71.6 Å². The quantitative estimate of drug-likeness (QED) is 0.441. The third-order valence-corrected chi connectivity index (χ3v) is 8.13.